The van der Waals surface area contributed by atoms with Crippen molar-refractivity contribution in [2.75, 3.05) is 18.1 Å². The van der Waals surface area contributed by atoms with Gasteiger partial charge >= 0.3 is 0 Å². The summed E-state index contributed by atoms with van der Waals surface area (Å²) in [6.07, 6.45) is 4.49. The second kappa shape index (κ2) is 9.97. The summed E-state index contributed by atoms with van der Waals surface area (Å²) in [5.74, 6) is 0.995. The van der Waals surface area contributed by atoms with Crippen molar-refractivity contribution in [1.29, 1.82) is 0 Å². The molecule has 2 aromatic rings. The molecule has 0 aromatic heterocycles. The number of carbonyl (C=O) groups is 2. The number of nitrogens with zero attached hydrogens (tertiary/aromatic N) is 1. The summed E-state index contributed by atoms with van der Waals surface area (Å²) in [6, 6.07) is 15.6. The maximum absolute atomic E-state index is 13.1. The van der Waals surface area contributed by atoms with Gasteiger partial charge in [-0.15, -0.1) is 11.8 Å². The second-order valence-corrected chi connectivity index (χ2v) is 9.05. The van der Waals surface area contributed by atoms with Crippen molar-refractivity contribution in [3.8, 4) is 0 Å². The van der Waals surface area contributed by atoms with Crippen LogP contribution in [-0.2, 0) is 4.79 Å². The van der Waals surface area contributed by atoms with Gasteiger partial charge in [-0.2, -0.15) is 0 Å². The molecule has 2 aromatic carbocycles. The van der Waals surface area contributed by atoms with Crippen molar-refractivity contribution >= 4 is 29.3 Å². The van der Waals surface area contributed by atoms with Gasteiger partial charge in [0.05, 0.1) is 11.3 Å². The lowest BCUT2D eigenvalue weighted by Crippen LogP contribution is -2.39. The molecule has 154 valence electrons. The Morgan fingerprint density at radius 3 is 2.38 bits per heavy atom. The lowest BCUT2D eigenvalue weighted by Gasteiger charge is -2.34. The van der Waals surface area contributed by atoms with Crippen LogP contribution in [0, 0.1) is 12.8 Å². The number of anilines is 1. The average Bonchev–Trinajstić information content (AvgIpc) is 2.73. The molecule has 0 spiro atoms. The Hall–Kier alpha value is -2.27. The molecule has 3 rings (SSSR count). The van der Waals surface area contributed by atoms with Crippen LogP contribution in [0.3, 0.4) is 0 Å². The summed E-state index contributed by atoms with van der Waals surface area (Å²) in [6.45, 7) is 4.30. The molecule has 29 heavy (non-hydrogen) atoms. The number of nitrogens with one attached hydrogen (secondary N) is 1. The fourth-order valence-electron chi connectivity index (χ4n) is 3.73. The monoisotopic (exact) mass is 410 g/mol. The molecule has 0 bridgehead atoms. The van der Waals surface area contributed by atoms with Crippen LogP contribution in [0.25, 0.3) is 0 Å². The molecule has 1 aliphatic rings. The molecular formula is C24H30N2O2S. The SMILES string of the molecule is Cc1ccc(NC(=O)CSc2ccccc2C(=O)N(C)C2CCC(C)CC2)cc1. The highest BCUT2D eigenvalue weighted by atomic mass is 32.2. The van der Waals surface area contributed by atoms with Crippen LogP contribution < -0.4 is 5.32 Å². The van der Waals surface area contributed by atoms with E-state index in [1.54, 1.807) is 0 Å². The molecule has 0 unspecified atom stereocenters. The van der Waals surface area contributed by atoms with Crippen LogP contribution in [0.1, 0.15) is 48.5 Å². The second-order valence-electron chi connectivity index (χ2n) is 8.03. The van der Waals surface area contributed by atoms with Gasteiger partial charge in [0.15, 0.2) is 0 Å². The number of rotatable bonds is 6. The minimum atomic E-state index is -0.0734. The van der Waals surface area contributed by atoms with Crippen molar-refractivity contribution in [2.45, 2.75) is 50.5 Å². The number of carbonyl (C=O) groups excluding carboxylic acids is 2. The minimum Gasteiger partial charge on any atom is -0.339 e. The third-order valence-electron chi connectivity index (χ3n) is 5.67. The Kier molecular flexibility index (Phi) is 7.37. The highest BCUT2D eigenvalue weighted by Gasteiger charge is 2.26. The fourth-order valence-corrected chi connectivity index (χ4v) is 4.58. The van der Waals surface area contributed by atoms with Gasteiger partial charge in [0, 0.05) is 23.7 Å². The number of aryl methyl sites for hydroxylation is 1. The van der Waals surface area contributed by atoms with Crippen molar-refractivity contribution < 1.29 is 9.59 Å². The number of amides is 2. The van der Waals surface area contributed by atoms with Crippen LogP contribution in [0.2, 0.25) is 0 Å². The van der Waals surface area contributed by atoms with E-state index < -0.39 is 0 Å². The Bertz CT molecular complexity index is 842. The summed E-state index contributed by atoms with van der Waals surface area (Å²) in [5, 5.41) is 2.91. The molecule has 2 amide bonds. The van der Waals surface area contributed by atoms with E-state index >= 15 is 0 Å². The Labute approximate surface area is 178 Å². The predicted octanol–water partition coefficient (Wildman–Crippen LogP) is 5.38. The van der Waals surface area contributed by atoms with Gasteiger partial charge in [0.25, 0.3) is 5.91 Å². The molecule has 0 aliphatic heterocycles. The molecule has 1 saturated carbocycles. The van der Waals surface area contributed by atoms with E-state index in [0.29, 0.717) is 11.6 Å². The van der Waals surface area contributed by atoms with Gasteiger partial charge in [0.2, 0.25) is 5.91 Å². The topological polar surface area (TPSA) is 49.4 Å². The van der Waals surface area contributed by atoms with E-state index in [1.165, 1.54) is 24.6 Å². The number of benzene rings is 2. The van der Waals surface area contributed by atoms with Crippen LogP contribution in [0.4, 0.5) is 5.69 Å². The van der Waals surface area contributed by atoms with Crippen LogP contribution in [0.15, 0.2) is 53.4 Å². The Morgan fingerprint density at radius 1 is 1.03 bits per heavy atom. The van der Waals surface area contributed by atoms with Gasteiger partial charge < -0.3 is 10.2 Å². The first-order valence-electron chi connectivity index (χ1n) is 10.3. The molecule has 1 aliphatic carbocycles. The first-order chi connectivity index (χ1) is 13.9. The lowest BCUT2D eigenvalue weighted by atomic mass is 9.86. The zero-order valence-corrected chi connectivity index (χ0v) is 18.3. The largest absolute Gasteiger partial charge is 0.339 e. The maximum Gasteiger partial charge on any atom is 0.254 e. The standard InChI is InChI=1S/C24H30N2O2S/c1-17-8-12-19(13-9-17)25-23(27)16-29-22-7-5-4-6-21(22)24(28)26(3)20-14-10-18(2)11-15-20/h4-9,12-13,18,20H,10-11,14-16H2,1-3H3,(H,25,27). The van der Waals surface area contributed by atoms with Gasteiger partial charge in [-0.25, -0.2) is 0 Å². The van der Waals surface area contributed by atoms with Crippen LogP contribution >= 0.6 is 11.8 Å². The molecule has 0 heterocycles. The highest BCUT2D eigenvalue weighted by molar-refractivity contribution is 8.00. The van der Waals surface area contributed by atoms with Crippen molar-refractivity contribution in [3.05, 3.63) is 59.7 Å². The van der Waals surface area contributed by atoms with Crippen molar-refractivity contribution in [2.24, 2.45) is 5.92 Å². The number of hydrogen-bond donors (Lipinski definition) is 1. The molecule has 0 radical (unpaired) electrons. The van der Waals surface area contributed by atoms with Crippen LogP contribution in [0.5, 0.6) is 0 Å². The third-order valence-corrected chi connectivity index (χ3v) is 6.74. The molecular weight excluding hydrogens is 380 g/mol. The summed E-state index contributed by atoms with van der Waals surface area (Å²) in [5.41, 5.74) is 2.62. The van der Waals surface area contributed by atoms with Crippen LogP contribution in [-0.4, -0.2) is 35.6 Å². The van der Waals surface area contributed by atoms with E-state index in [9.17, 15) is 9.59 Å². The highest BCUT2D eigenvalue weighted by Crippen LogP contribution is 2.29. The van der Waals surface area contributed by atoms with E-state index in [0.717, 1.165) is 34.9 Å². The summed E-state index contributed by atoms with van der Waals surface area (Å²) in [4.78, 5) is 28.2. The molecule has 0 atom stereocenters. The predicted molar refractivity (Wildman–Crippen MR) is 120 cm³/mol. The molecule has 0 saturated heterocycles. The summed E-state index contributed by atoms with van der Waals surface area (Å²) >= 11 is 1.41. The first-order valence-corrected chi connectivity index (χ1v) is 11.3. The molecule has 5 heteroatoms. The van der Waals surface area contributed by atoms with E-state index in [4.69, 9.17) is 0 Å². The zero-order chi connectivity index (χ0) is 20.8. The Balaban J connectivity index is 1.61. The van der Waals surface area contributed by atoms with Gasteiger partial charge in [-0.3, -0.25) is 9.59 Å². The van der Waals surface area contributed by atoms with E-state index in [2.05, 4.69) is 12.2 Å². The lowest BCUT2D eigenvalue weighted by molar-refractivity contribution is -0.113. The van der Waals surface area contributed by atoms with Crippen molar-refractivity contribution in [1.82, 2.24) is 4.90 Å². The number of thioether (sulfide) groups is 1. The molecule has 4 nitrogen and oxygen atoms in total. The first kappa shape index (κ1) is 21.4. The Morgan fingerprint density at radius 2 is 1.69 bits per heavy atom. The van der Waals surface area contributed by atoms with Crippen molar-refractivity contribution in [3.63, 3.8) is 0 Å². The average molecular weight is 411 g/mol. The molecule has 1 fully saturated rings. The van der Waals surface area contributed by atoms with Gasteiger partial charge in [0.1, 0.15) is 0 Å². The van der Waals surface area contributed by atoms with Gasteiger partial charge in [-0.05, 0) is 62.8 Å². The van der Waals surface area contributed by atoms with E-state index in [1.807, 2.05) is 67.4 Å². The third kappa shape index (κ3) is 5.86. The quantitative estimate of drug-likeness (QED) is 0.651. The minimum absolute atomic E-state index is 0.0478. The van der Waals surface area contributed by atoms with E-state index in [-0.39, 0.29) is 17.6 Å². The summed E-state index contributed by atoms with van der Waals surface area (Å²) in [7, 11) is 1.91. The molecule has 1 N–H and O–H groups in total. The fraction of sp³-hybridized carbons (Fsp3) is 0.417. The van der Waals surface area contributed by atoms with Gasteiger partial charge in [-0.1, -0.05) is 36.8 Å². The zero-order valence-electron chi connectivity index (χ0n) is 17.5. The number of hydrogen-bond acceptors (Lipinski definition) is 3. The summed E-state index contributed by atoms with van der Waals surface area (Å²) < 4.78 is 0. The maximum atomic E-state index is 13.1. The normalized spacial score (nSPS) is 18.9. The smallest absolute Gasteiger partial charge is 0.254 e.